The lowest BCUT2D eigenvalue weighted by Gasteiger charge is -2.41. The molecule has 0 aliphatic heterocycles. The average Bonchev–Trinajstić information content (AvgIpc) is 2.37. The molecule has 0 aromatic heterocycles. The zero-order chi connectivity index (χ0) is 16.3. The first-order chi connectivity index (χ1) is 9.59. The van der Waals surface area contributed by atoms with Crippen molar-refractivity contribution >= 4 is 0 Å². The van der Waals surface area contributed by atoms with Gasteiger partial charge in [0.1, 0.15) is 0 Å². The molecule has 1 N–H and O–H groups in total. The van der Waals surface area contributed by atoms with Crippen LogP contribution >= 0.6 is 0 Å². The molecule has 0 saturated carbocycles. The number of hydrogen-bond donors (Lipinski definition) is 1. The first-order valence-corrected chi connectivity index (χ1v) is 7.16. The van der Waals surface area contributed by atoms with Crippen molar-refractivity contribution in [3.05, 3.63) is 35.4 Å². The van der Waals surface area contributed by atoms with Crippen LogP contribution in [-0.4, -0.2) is 37.1 Å². The van der Waals surface area contributed by atoms with Gasteiger partial charge < -0.3 is 10.2 Å². The van der Waals surface area contributed by atoms with Crippen molar-refractivity contribution in [1.29, 1.82) is 0 Å². The maximum absolute atomic E-state index is 12.6. The van der Waals surface area contributed by atoms with E-state index in [2.05, 4.69) is 24.1 Å². The third-order valence-corrected chi connectivity index (χ3v) is 4.18. The Hall–Kier alpha value is -1.07. The molecule has 5 heteroatoms. The lowest BCUT2D eigenvalue weighted by molar-refractivity contribution is -0.137. The van der Waals surface area contributed by atoms with Gasteiger partial charge in [0.2, 0.25) is 0 Å². The van der Waals surface area contributed by atoms with Crippen LogP contribution < -0.4 is 5.32 Å². The number of alkyl halides is 3. The fraction of sp³-hybridized carbons (Fsp3) is 0.625. The van der Waals surface area contributed by atoms with Crippen molar-refractivity contribution in [3.8, 4) is 0 Å². The van der Waals surface area contributed by atoms with E-state index in [0.717, 1.165) is 24.2 Å². The molecule has 0 radical (unpaired) electrons. The minimum atomic E-state index is -4.28. The Morgan fingerprint density at radius 2 is 1.62 bits per heavy atom. The summed E-state index contributed by atoms with van der Waals surface area (Å²) < 4.78 is 37.7. The minimum absolute atomic E-state index is 0.0985. The number of hydrogen-bond acceptors (Lipinski definition) is 2. The largest absolute Gasteiger partial charge is 0.416 e. The predicted molar refractivity (Wildman–Crippen MR) is 80.4 cm³/mol. The molecule has 1 atom stereocenters. The van der Waals surface area contributed by atoms with Crippen LogP contribution in [0.2, 0.25) is 0 Å². The molecule has 0 amide bonds. The molecule has 120 valence electrons. The standard InChI is InChI=1S/C16H25F3N2/c1-6-20-14(15(2,3)21(4)5)11-12-7-9-13(10-8-12)16(17,18)19/h7-10,14,20H,6,11H2,1-5H3. The van der Waals surface area contributed by atoms with Crippen LogP contribution in [0.25, 0.3) is 0 Å². The highest BCUT2D eigenvalue weighted by Crippen LogP contribution is 2.29. The highest BCUT2D eigenvalue weighted by molar-refractivity contribution is 5.25. The zero-order valence-electron chi connectivity index (χ0n) is 13.4. The summed E-state index contributed by atoms with van der Waals surface area (Å²) in [5.74, 6) is 0. The first-order valence-electron chi connectivity index (χ1n) is 7.16. The molecular weight excluding hydrogens is 277 g/mol. The Labute approximate surface area is 125 Å². The van der Waals surface area contributed by atoms with Crippen LogP contribution in [0.5, 0.6) is 0 Å². The van der Waals surface area contributed by atoms with Crippen molar-refractivity contribution in [2.75, 3.05) is 20.6 Å². The van der Waals surface area contributed by atoms with Crippen molar-refractivity contribution < 1.29 is 13.2 Å². The van der Waals surface area contributed by atoms with Crippen molar-refractivity contribution in [2.24, 2.45) is 0 Å². The van der Waals surface area contributed by atoms with Gasteiger partial charge in [0.05, 0.1) is 5.56 Å². The van der Waals surface area contributed by atoms with E-state index in [4.69, 9.17) is 0 Å². The average molecular weight is 302 g/mol. The Morgan fingerprint density at radius 3 is 2.00 bits per heavy atom. The van der Waals surface area contributed by atoms with Crippen LogP contribution in [0.3, 0.4) is 0 Å². The Bertz CT molecular complexity index is 436. The van der Waals surface area contributed by atoms with Crippen LogP contribution in [0.4, 0.5) is 13.2 Å². The quantitative estimate of drug-likeness (QED) is 0.864. The van der Waals surface area contributed by atoms with Crippen molar-refractivity contribution in [2.45, 2.75) is 44.9 Å². The van der Waals surface area contributed by atoms with Gasteiger partial charge in [0, 0.05) is 11.6 Å². The summed E-state index contributed by atoms with van der Waals surface area (Å²) in [6, 6.07) is 5.61. The lowest BCUT2D eigenvalue weighted by atomic mass is 9.88. The van der Waals surface area contributed by atoms with E-state index in [-0.39, 0.29) is 11.6 Å². The van der Waals surface area contributed by atoms with Gasteiger partial charge in [-0.2, -0.15) is 13.2 Å². The maximum Gasteiger partial charge on any atom is 0.416 e. The number of nitrogens with one attached hydrogen (secondary N) is 1. The Kier molecular flexibility index (Phi) is 5.82. The van der Waals surface area contributed by atoms with Crippen LogP contribution in [-0.2, 0) is 12.6 Å². The molecular formula is C16H25F3N2. The summed E-state index contributed by atoms with van der Waals surface area (Å²) in [4.78, 5) is 2.13. The van der Waals surface area contributed by atoms with Crippen molar-refractivity contribution in [1.82, 2.24) is 10.2 Å². The molecule has 0 saturated heterocycles. The molecule has 1 rings (SSSR count). The van der Waals surface area contributed by atoms with Gasteiger partial charge in [-0.05, 0) is 58.6 Å². The van der Waals surface area contributed by atoms with Gasteiger partial charge in [-0.1, -0.05) is 19.1 Å². The molecule has 0 bridgehead atoms. The monoisotopic (exact) mass is 302 g/mol. The van der Waals surface area contributed by atoms with Gasteiger partial charge >= 0.3 is 6.18 Å². The molecule has 21 heavy (non-hydrogen) atoms. The number of halogens is 3. The summed E-state index contributed by atoms with van der Waals surface area (Å²) in [5, 5.41) is 3.43. The molecule has 2 nitrogen and oxygen atoms in total. The summed E-state index contributed by atoms with van der Waals surface area (Å²) in [6.45, 7) is 7.11. The lowest BCUT2D eigenvalue weighted by Crippen LogP contribution is -2.56. The molecule has 1 unspecified atom stereocenters. The highest BCUT2D eigenvalue weighted by Gasteiger charge is 2.32. The van der Waals surface area contributed by atoms with E-state index in [0.29, 0.717) is 6.42 Å². The predicted octanol–water partition coefficient (Wildman–Crippen LogP) is 3.57. The normalized spacial score (nSPS) is 14.5. The van der Waals surface area contributed by atoms with E-state index in [1.165, 1.54) is 0 Å². The van der Waals surface area contributed by atoms with Crippen LogP contribution in [0, 0.1) is 0 Å². The third-order valence-electron chi connectivity index (χ3n) is 4.18. The molecule has 0 heterocycles. The van der Waals surface area contributed by atoms with Gasteiger partial charge in [-0.3, -0.25) is 0 Å². The summed E-state index contributed by atoms with van der Waals surface area (Å²) >= 11 is 0. The smallest absolute Gasteiger partial charge is 0.312 e. The van der Waals surface area contributed by atoms with Crippen LogP contribution in [0.1, 0.15) is 31.9 Å². The molecule has 0 aliphatic carbocycles. The van der Waals surface area contributed by atoms with E-state index >= 15 is 0 Å². The number of benzene rings is 1. The molecule has 0 fully saturated rings. The fourth-order valence-corrected chi connectivity index (χ4v) is 2.20. The number of nitrogens with zero attached hydrogens (tertiary/aromatic N) is 1. The zero-order valence-corrected chi connectivity index (χ0v) is 13.4. The summed E-state index contributed by atoms with van der Waals surface area (Å²) in [6.07, 6.45) is -3.58. The molecule has 0 aliphatic rings. The third kappa shape index (κ3) is 4.71. The van der Waals surface area contributed by atoms with E-state index in [9.17, 15) is 13.2 Å². The van der Waals surface area contributed by atoms with E-state index in [1.807, 2.05) is 21.0 Å². The Balaban J connectivity index is 2.90. The van der Waals surface area contributed by atoms with Crippen molar-refractivity contribution in [3.63, 3.8) is 0 Å². The highest BCUT2D eigenvalue weighted by atomic mass is 19.4. The molecule has 1 aromatic carbocycles. The SMILES string of the molecule is CCNC(Cc1ccc(C(F)(F)F)cc1)C(C)(C)N(C)C. The van der Waals surface area contributed by atoms with E-state index < -0.39 is 11.7 Å². The minimum Gasteiger partial charge on any atom is -0.312 e. The summed E-state index contributed by atoms with van der Waals surface area (Å²) in [7, 11) is 4.02. The maximum atomic E-state index is 12.6. The Morgan fingerprint density at radius 1 is 1.10 bits per heavy atom. The first kappa shape index (κ1) is 18.0. The summed E-state index contributed by atoms with van der Waals surface area (Å²) in [5.41, 5.74) is 0.209. The molecule has 1 aromatic rings. The molecule has 0 spiro atoms. The number of likely N-dealkylation sites (N-methyl/N-ethyl adjacent to an activating group) is 2. The second-order valence-electron chi connectivity index (χ2n) is 6.06. The fourth-order valence-electron chi connectivity index (χ4n) is 2.20. The topological polar surface area (TPSA) is 15.3 Å². The second-order valence-corrected chi connectivity index (χ2v) is 6.06. The van der Waals surface area contributed by atoms with Crippen LogP contribution in [0.15, 0.2) is 24.3 Å². The number of rotatable bonds is 6. The second kappa shape index (κ2) is 6.79. The van der Waals surface area contributed by atoms with Gasteiger partial charge in [-0.15, -0.1) is 0 Å². The van der Waals surface area contributed by atoms with E-state index in [1.54, 1.807) is 12.1 Å². The van der Waals surface area contributed by atoms with Gasteiger partial charge in [-0.25, -0.2) is 0 Å². The van der Waals surface area contributed by atoms with Gasteiger partial charge in [0.25, 0.3) is 0 Å². The van der Waals surface area contributed by atoms with Gasteiger partial charge in [0.15, 0.2) is 0 Å².